The molecule has 3 nitrogen and oxygen atoms in total. The number of nitrogens with one attached hydrogen (secondary N) is 1. The molecule has 12 heavy (non-hydrogen) atoms. The van der Waals surface area contributed by atoms with Gasteiger partial charge in [-0.15, -0.1) is 0 Å². The van der Waals surface area contributed by atoms with Gasteiger partial charge in [-0.1, -0.05) is 0 Å². The highest BCUT2D eigenvalue weighted by Gasteiger charge is 2.51. The van der Waals surface area contributed by atoms with Crippen LogP contribution < -0.4 is 5.32 Å². The lowest BCUT2D eigenvalue weighted by atomic mass is 9.89. The van der Waals surface area contributed by atoms with Crippen LogP contribution in [0.3, 0.4) is 0 Å². The van der Waals surface area contributed by atoms with E-state index in [0.717, 1.165) is 12.1 Å². The lowest BCUT2D eigenvalue weighted by Crippen LogP contribution is -2.50. The Morgan fingerprint density at radius 3 is 3.25 bits per heavy atom. The van der Waals surface area contributed by atoms with Crippen molar-refractivity contribution in [1.29, 1.82) is 0 Å². The van der Waals surface area contributed by atoms with Crippen LogP contribution in [0.5, 0.6) is 0 Å². The van der Waals surface area contributed by atoms with Gasteiger partial charge >= 0.3 is 0 Å². The predicted octanol–water partition coefficient (Wildman–Crippen LogP) is 0.714. The monoisotopic (exact) mass is 166 g/mol. The van der Waals surface area contributed by atoms with Crippen LogP contribution >= 0.6 is 0 Å². The van der Waals surface area contributed by atoms with Gasteiger partial charge in [-0.05, 0) is 25.8 Å². The van der Waals surface area contributed by atoms with Crippen molar-refractivity contribution in [3.63, 3.8) is 0 Å². The fourth-order valence-corrected chi connectivity index (χ4v) is 2.90. The van der Waals surface area contributed by atoms with Crippen LogP contribution in [0, 0.1) is 5.92 Å². The minimum Gasteiger partial charge on any atom is -0.308 e. The Hall–Kier alpha value is -0.540. The Morgan fingerprint density at radius 2 is 2.42 bits per heavy atom. The van der Waals surface area contributed by atoms with Gasteiger partial charge in [0.2, 0.25) is 0 Å². The van der Waals surface area contributed by atoms with Crippen molar-refractivity contribution >= 4 is 0 Å². The number of hydrogen-bond acceptors (Lipinski definition) is 3. The van der Waals surface area contributed by atoms with E-state index in [9.17, 15) is 5.21 Å². The summed E-state index contributed by atoms with van der Waals surface area (Å²) in [5.41, 5.74) is 1.15. The molecule has 2 N–H and O–H groups in total. The second kappa shape index (κ2) is 2.03. The van der Waals surface area contributed by atoms with Gasteiger partial charge in [-0.3, -0.25) is 10.3 Å². The van der Waals surface area contributed by atoms with Gasteiger partial charge < -0.3 is 5.32 Å². The van der Waals surface area contributed by atoms with Gasteiger partial charge in [0.15, 0.2) is 0 Å². The zero-order chi connectivity index (χ0) is 8.29. The number of hydroxylamine groups is 2. The summed E-state index contributed by atoms with van der Waals surface area (Å²) in [6.45, 7) is 2.15. The van der Waals surface area contributed by atoms with E-state index in [1.807, 2.05) is 0 Å². The fourth-order valence-electron chi connectivity index (χ4n) is 2.90. The van der Waals surface area contributed by atoms with Gasteiger partial charge in [0.25, 0.3) is 0 Å². The van der Waals surface area contributed by atoms with Crippen molar-refractivity contribution in [2.24, 2.45) is 5.92 Å². The summed E-state index contributed by atoms with van der Waals surface area (Å²) in [5.74, 6) is 0.650. The van der Waals surface area contributed by atoms with Crippen molar-refractivity contribution in [2.45, 2.75) is 37.9 Å². The first kappa shape index (κ1) is 6.92. The van der Waals surface area contributed by atoms with E-state index in [4.69, 9.17) is 0 Å². The molecule has 3 rings (SSSR count). The van der Waals surface area contributed by atoms with Crippen LogP contribution in [-0.4, -0.2) is 28.4 Å². The van der Waals surface area contributed by atoms with E-state index < -0.39 is 0 Å². The number of rotatable bonds is 0. The third kappa shape index (κ3) is 0.684. The first-order valence-electron chi connectivity index (χ1n) is 4.71. The molecule has 4 atom stereocenters. The standard InChI is InChI=1S/C9H14N2O/c1-5-2-8-7-3-6(10-5)4-9(7)11(8)12/h2,5-7,9-10,12H,3-4H2,1H3. The second-order valence-electron chi connectivity index (χ2n) is 4.23. The maximum Gasteiger partial charge on any atom is 0.0658 e. The van der Waals surface area contributed by atoms with Crippen molar-refractivity contribution in [2.75, 3.05) is 0 Å². The predicted molar refractivity (Wildman–Crippen MR) is 44.6 cm³/mol. The highest BCUT2D eigenvalue weighted by atomic mass is 16.5. The van der Waals surface area contributed by atoms with Crippen LogP contribution in [0.25, 0.3) is 0 Å². The third-order valence-corrected chi connectivity index (χ3v) is 3.41. The Morgan fingerprint density at radius 1 is 1.58 bits per heavy atom. The smallest absolute Gasteiger partial charge is 0.0658 e. The molecule has 0 aromatic rings. The fraction of sp³-hybridized carbons (Fsp3) is 0.778. The van der Waals surface area contributed by atoms with Gasteiger partial charge in [0.1, 0.15) is 0 Å². The SMILES string of the molecule is CC1C=C2C3CC(CC3N2O)N1. The van der Waals surface area contributed by atoms with Crippen LogP contribution in [0.4, 0.5) is 0 Å². The summed E-state index contributed by atoms with van der Waals surface area (Å²) < 4.78 is 0. The Balaban J connectivity index is 1.99. The summed E-state index contributed by atoms with van der Waals surface area (Å²) in [6, 6.07) is 1.47. The lowest BCUT2D eigenvalue weighted by Gasteiger charge is -2.44. The number of fused-ring (bicyclic) bond motifs is 1. The molecule has 2 aliphatic heterocycles. The number of nitrogens with zero attached hydrogens (tertiary/aromatic N) is 1. The first-order valence-corrected chi connectivity index (χ1v) is 4.71. The normalized spacial score (nSPS) is 49.8. The molecule has 0 aromatic carbocycles. The van der Waals surface area contributed by atoms with Crippen molar-refractivity contribution in [3.05, 3.63) is 11.8 Å². The molecule has 3 heteroatoms. The van der Waals surface area contributed by atoms with Gasteiger partial charge in [0.05, 0.1) is 6.04 Å². The van der Waals surface area contributed by atoms with E-state index in [1.165, 1.54) is 11.5 Å². The van der Waals surface area contributed by atoms with Crippen LogP contribution in [0.2, 0.25) is 0 Å². The first-order chi connectivity index (χ1) is 5.75. The van der Waals surface area contributed by atoms with Crippen LogP contribution in [-0.2, 0) is 0 Å². The number of hydrogen-bond donors (Lipinski definition) is 2. The minimum absolute atomic E-state index is 0.418. The molecule has 4 unspecified atom stereocenters. The maximum atomic E-state index is 9.58. The molecule has 0 spiro atoms. The molecule has 2 fully saturated rings. The Kier molecular flexibility index (Phi) is 1.17. The molecule has 66 valence electrons. The van der Waals surface area contributed by atoms with Crippen molar-refractivity contribution in [1.82, 2.24) is 10.4 Å². The topological polar surface area (TPSA) is 35.5 Å². The summed E-state index contributed by atoms with van der Waals surface area (Å²) in [6.07, 6.45) is 4.49. The molecule has 1 saturated carbocycles. The average molecular weight is 166 g/mol. The third-order valence-electron chi connectivity index (χ3n) is 3.41. The Bertz CT molecular complexity index is 251. The summed E-state index contributed by atoms with van der Waals surface area (Å²) in [4.78, 5) is 0. The quantitative estimate of drug-likeness (QED) is 0.556. The molecule has 3 aliphatic rings. The van der Waals surface area contributed by atoms with Gasteiger partial charge in [-0.2, -0.15) is 0 Å². The summed E-state index contributed by atoms with van der Waals surface area (Å²) >= 11 is 0. The Labute approximate surface area is 72.0 Å². The molecular weight excluding hydrogens is 152 g/mol. The molecular formula is C9H14N2O. The van der Waals surface area contributed by atoms with E-state index in [1.54, 1.807) is 0 Å². The molecule has 2 heterocycles. The molecule has 0 aromatic heterocycles. The zero-order valence-corrected chi connectivity index (χ0v) is 7.20. The minimum atomic E-state index is 0.418. The highest BCUT2D eigenvalue weighted by Crippen LogP contribution is 2.47. The highest BCUT2D eigenvalue weighted by molar-refractivity contribution is 5.26. The molecule has 0 amide bonds. The molecule has 0 radical (unpaired) electrons. The molecule has 1 aliphatic carbocycles. The van der Waals surface area contributed by atoms with Crippen LogP contribution in [0.1, 0.15) is 19.8 Å². The molecule has 1 saturated heterocycles. The lowest BCUT2D eigenvalue weighted by molar-refractivity contribution is -0.161. The summed E-state index contributed by atoms with van der Waals surface area (Å²) in [7, 11) is 0. The van der Waals surface area contributed by atoms with E-state index >= 15 is 0 Å². The maximum absolute atomic E-state index is 9.58. The van der Waals surface area contributed by atoms with Crippen molar-refractivity contribution in [3.8, 4) is 0 Å². The van der Waals surface area contributed by atoms with E-state index in [-0.39, 0.29) is 0 Å². The summed E-state index contributed by atoms with van der Waals surface area (Å²) in [5, 5.41) is 14.6. The zero-order valence-electron chi connectivity index (χ0n) is 7.20. The van der Waals surface area contributed by atoms with Crippen LogP contribution in [0.15, 0.2) is 11.8 Å². The largest absolute Gasteiger partial charge is 0.308 e. The van der Waals surface area contributed by atoms with Crippen molar-refractivity contribution < 1.29 is 5.21 Å². The van der Waals surface area contributed by atoms with E-state index in [0.29, 0.717) is 24.0 Å². The van der Waals surface area contributed by atoms with E-state index in [2.05, 4.69) is 18.3 Å². The second-order valence-corrected chi connectivity index (χ2v) is 4.23. The van der Waals surface area contributed by atoms with Gasteiger partial charge in [-0.25, -0.2) is 0 Å². The van der Waals surface area contributed by atoms with Gasteiger partial charge in [0, 0.05) is 23.7 Å². The average Bonchev–Trinajstić information content (AvgIpc) is 2.31. The molecule has 2 bridgehead atoms.